The van der Waals surface area contributed by atoms with E-state index in [9.17, 15) is 18.0 Å². The van der Waals surface area contributed by atoms with Gasteiger partial charge in [0.1, 0.15) is 5.58 Å². The number of anilines is 1. The van der Waals surface area contributed by atoms with Crippen molar-refractivity contribution in [2.75, 3.05) is 25.9 Å². The Morgan fingerprint density at radius 3 is 2.55 bits per heavy atom. The number of hydrogen-bond acceptors (Lipinski definition) is 6. The molecule has 0 saturated heterocycles. The molecular weight excluding hydrogens is 497 g/mol. The van der Waals surface area contributed by atoms with Crippen LogP contribution in [0.2, 0.25) is 5.02 Å². The number of aryl methyl sites for hydroxylation is 1. The van der Waals surface area contributed by atoms with Crippen molar-refractivity contribution in [3.63, 3.8) is 0 Å². The van der Waals surface area contributed by atoms with Gasteiger partial charge in [0.2, 0.25) is 0 Å². The van der Waals surface area contributed by atoms with Gasteiger partial charge in [0, 0.05) is 44.6 Å². The number of carbonyl (C=O) groups is 1. The minimum absolute atomic E-state index is 0. The summed E-state index contributed by atoms with van der Waals surface area (Å²) in [6.45, 7) is 1.77. The molecule has 0 spiro atoms. The van der Waals surface area contributed by atoms with Crippen LogP contribution in [0.25, 0.3) is 11.0 Å². The normalized spacial score (nSPS) is 11.1. The van der Waals surface area contributed by atoms with Crippen molar-refractivity contribution in [2.24, 2.45) is 0 Å². The van der Waals surface area contributed by atoms with E-state index in [1.54, 1.807) is 37.3 Å². The first kappa shape index (κ1) is 27.8. The molecule has 0 fully saturated rings. The first-order valence-electron chi connectivity index (χ1n) is 9.46. The number of amides is 1. The quantitative estimate of drug-likeness (QED) is 0.382. The summed E-state index contributed by atoms with van der Waals surface area (Å²) in [6, 6.07) is 9.68. The molecule has 2 aromatic carbocycles. The van der Waals surface area contributed by atoms with E-state index in [-0.39, 0.29) is 74.2 Å². The molecule has 9 nitrogen and oxygen atoms in total. The topological polar surface area (TPSA) is 118 Å². The summed E-state index contributed by atoms with van der Waals surface area (Å²) in [5.41, 5.74) is 1.81. The molecule has 1 amide bonds. The summed E-state index contributed by atoms with van der Waals surface area (Å²) in [7, 11) is 0.704. The third-order valence-electron chi connectivity index (χ3n) is 4.73. The van der Waals surface area contributed by atoms with Crippen LogP contribution >= 0.6 is 11.6 Å². The predicted octanol–water partition coefficient (Wildman–Crippen LogP) is 2.63. The summed E-state index contributed by atoms with van der Waals surface area (Å²) in [4.78, 5) is 25.8. The van der Waals surface area contributed by atoms with Crippen LogP contribution in [-0.2, 0) is 16.6 Å². The van der Waals surface area contributed by atoms with Crippen LogP contribution < -0.4 is 19.8 Å². The van der Waals surface area contributed by atoms with E-state index >= 15 is 0 Å². The Kier molecular flexibility index (Phi) is 9.54. The molecule has 0 radical (unpaired) electrons. The van der Waals surface area contributed by atoms with Gasteiger partial charge in [-0.15, -0.1) is 0 Å². The number of nitrogens with one attached hydrogen (secondary N) is 2. The first-order chi connectivity index (χ1) is 15.0. The molecule has 12 heteroatoms. The van der Waals surface area contributed by atoms with E-state index in [2.05, 4.69) is 9.44 Å². The fraction of sp³-hybridized carbons (Fsp3) is 0.238. The van der Waals surface area contributed by atoms with Gasteiger partial charge in [-0.3, -0.25) is 4.72 Å². The van der Waals surface area contributed by atoms with E-state index in [0.29, 0.717) is 27.8 Å². The van der Waals surface area contributed by atoms with E-state index in [4.69, 9.17) is 20.8 Å². The monoisotopic (exact) mass is 519 g/mol. The molecule has 1 aromatic heterocycles. The molecule has 3 aromatic rings. The molecule has 0 aliphatic carbocycles. The SMILES string of the molecule is CNS(=O)(=O)Nc1cccc(Cc2c(C)c3cc(Cl)c(OC(=O)N(C)C)cc3oc2=O)c1.[KH]. The van der Waals surface area contributed by atoms with Crippen molar-refractivity contribution >= 4 is 95.9 Å². The van der Waals surface area contributed by atoms with Gasteiger partial charge in [0.15, 0.2) is 5.75 Å². The van der Waals surface area contributed by atoms with Gasteiger partial charge in [0.25, 0.3) is 10.2 Å². The van der Waals surface area contributed by atoms with Crippen molar-refractivity contribution in [1.29, 1.82) is 0 Å². The average molecular weight is 520 g/mol. The molecule has 33 heavy (non-hydrogen) atoms. The van der Waals surface area contributed by atoms with Crippen molar-refractivity contribution in [3.05, 3.63) is 68.5 Å². The average Bonchev–Trinajstić information content (AvgIpc) is 2.72. The molecule has 172 valence electrons. The molecular formula is C21H23ClKN3O6S. The van der Waals surface area contributed by atoms with Crippen molar-refractivity contribution < 1.29 is 22.4 Å². The maximum absolute atomic E-state index is 12.7. The van der Waals surface area contributed by atoms with Crippen molar-refractivity contribution in [3.8, 4) is 5.75 Å². The molecule has 0 aliphatic rings. The molecule has 3 rings (SSSR count). The Balaban J connectivity index is 0.00000385. The second-order valence-electron chi connectivity index (χ2n) is 7.22. The zero-order chi connectivity index (χ0) is 23.6. The summed E-state index contributed by atoms with van der Waals surface area (Å²) in [6.07, 6.45) is -0.399. The second kappa shape index (κ2) is 11.3. The Labute approximate surface area is 239 Å². The summed E-state index contributed by atoms with van der Waals surface area (Å²) in [5.74, 6) is 0.0812. The van der Waals surface area contributed by atoms with E-state index in [0.717, 1.165) is 0 Å². The summed E-state index contributed by atoms with van der Waals surface area (Å²) in [5, 5.41) is 0.792. The molecule has 2 N–H and O–H groups in total. The number of rotatable bonds is 6. The Hall–Kier alpha value is -1.44. The fourth-order valence-corrected chi connectivity index (χ4v) is 3.75. The molecule has 1 heterocycles. The number of ether oxygens (including phenoxy) is 1. The van der Waals surface area contributed by atoms with E-state index < -0.39 is 21.9 Å². The van der Waals surface area contributed by atoms with Gasteiger partial charge in [-0.1, -0.05) is 23.7 Å². The maximum atomic E-state index is 12.7. The molecule has 0 unspecified atom stereocenters. The predicted molar refractivity (Wildman–Crippen MR) is 130 cm³/mol. The van der Waals surface area contributed by atoms with Gasteiger partial charge < -0.3 is 14.1 Å². The second-order valence-corrected chi connectivity index (χ2v) is 9.25. The summed E-state index contributed by atoms with van der Waals surface area (Å²) >= 11 is 6.29. The Morgan fingerprint density at radius 1 is 1.21 bits per heavy atom. The molecule has 0 saturated carbocycles. The molecule has 0 atom stereocenters. The summed E-state index contributed by atoms with van der Waals surface area (Å²) < 4.78 is 38.7. The Bertz CT molecular complexity index is 1360. The van der Waals surface area contributed by atoms with E-state index in [1.807, 2.05) is 0 Å². The van der Waals surface area contributed by atoms with Crippen LogP contribution in [0, 0.1) is 6.92 Å². The zero-order valence-corrected chi connectivity index (χ0v) is 19.4. The van der Waals surface area contributed by atoms with Crippen LogP contribution in [0.15, 0.2) is 45.6 Å². The van der Waals surface area contributed by atoms with Crippen LogP contribution in [0.3, 0.4) is 0 Å². The molecule has 0 bridgehead atoms. The minimum atomic E-state index is -3.66. The van der Waals surface area contributed by atoms with Crippen LogP contribution in [-0.4, -0.2) is 91.9 Å². The van der Waals surface area contributed by atoms with Crippen LogP contribution in [0.1, 0.15) is 16.7 Å². The number of hydrogen-bond donors (Lipinski definition) is 2. The van der Waals surface area contributed by atoms with Crippen molar-refractivity contribution in [2.45, 2.75) is 13.3 Å². The number of fused-ring (bicyclic) bond motifs is 1. The van der Waals surface area contributed by atoms with Gasteiger partial charge in [-0.2, -0.15) is 8.42 Å². The van der Waals surface area contributed by atoms with Crippen LogP contribution in [0.4, 0.5) is 10.5 Å². The van der Waals surface area contributed by atoms with Gasteiger partial charge >= 0.3 is 63.1 Å². The van der Waals surface area contributed by atoms with Gasteiger partial charge in [-0.25, -0.2) is 14.3 Å². The van der Waals surface area contributed by atoms with Gasteiger partial charge in [-0.05, 0) is 36.2 Å². The third kappa shape index (κ3) is 6.79. The Morgan fingerprint density at radius 2 is 1.91 bits per heavy atom. The number of carbonyl (C=O) groups excluding carboxylic acids is 1. The van der Waals surface area contributed by atoms with Gasteiger partial charge in [0.05, 0.1) is 10.7 Å². The number of benzene rings is 2. The standard InChI is InChI=1S/C21H22ClN3O6S.K.H/c1-12-15-10-17(22)19(31-21(27)25(3)4)11-18(15)30-20(26)16(12)9-13-6-5-7-14(8-13)24-32(28,29)23-2;;/h5-8,10-11,23-24H,9H2,1-4H3;;. The van der Waals surface area contributed by atoms with Crippen molar-refractivity contribution in [1.82, 2.24) is 9.62 Å². The number of nitrogens with zero attached hydrogens (tertiary/aromatic N) is 1. The first-order valence-corrected chi connectivity index (χ1v) is 11.3. The third-order valence-corrected chi connectivity index (χ3v) is 6.07. The van der Waals surface area contributed by atoms with Crippen LogP contribution in [0.5, 0.6) is 5.75 Å². The fourth-order valence-electron chi connectivity index (χ4n) is 3.01. The molecule has 0 aliphatic heterocycles. The number of halogens is 1. The zero-order valence-electron chi connectivity index (χ0n) is 17.9. The van der Waals surface area contributed by atoms with E-state index in [1.165, 1.54) is 32.1 Å².